The molecule has 0 bridgehead atoms. The van der Waals surface area contributed by atoms with Gasteiger partial charge in [0.2, 0.25) is 0 Å². The monoisotopic (exact) mass is 495 g/mol. The van der Waals surface area contributed by atoms with E-state index in [1.165, 1.54) is 11.3 Å². The first-order valence-corrected chi connectivity index (χ1v) is 13.1. The number of thiazole rings is 1. The van der Waals surface area contributed by atoms with Crippen molar-refractivity contribution in [1.29, 1.82) is 0 Å². The number of carbonyl (C=O) groups excluding carboxylic acids is 3. The zero-order chi connectivity index (χ0) is 23.7. The van der Waals surface area contributed by atoms with Gasteiger partial charge in [0.25, 0.3) is 11.8 Å². The molecule has 0 radical (unpaired) electrons. The Morgan fingerprint density at radius 2 is 1.94 bits per heavy atom. The first-order chi connectivity index (χ1) is 16.5. The van der Waals surface area contributed by atoms with Gasteiger partial charge in [-0.25, -0.2) is 4.98 Å². The molecule has 5 rings (SSSR count). The van der Waals surface area contributed by atoms with Gasteiger partial charge in [-0.1, -0.05) is 12.1 Å². The molecule has 1 saturated heterocycles. The topological polar surface area (TPSA) is 79.8 Å². The zero-order valence-electron chi connectivity index (χ0n) is 18.9. The lowest BCUT2D eigenvalue weighted by Gasteiger charge is -2.30. The van der Waals surface area contributed by atoms with Crippen LogP contribution < -0.4 is 4.90 Å². The Morgan fingerprint density at radius 3 is 2.65 bits per heavy atom. The molecule has 1 fully saturated rings. The van der Waals surface area contributed by atoms with Crippen LogP contribution in [0.2, 0.25) is 0 Å². The summed E-state index contributed by atoms with van der Waals surface area (Å²) in [5, 5.41) is 4.94. The van der Waals surface area contributed by atoms with Crippen LogP contribution in [-0.4, -0.2) is 53.9 Å². The van der Waals surface area contributed by atoms with E-state index in [0.717, 1.165) is 33.9 Å². The number of carbonyl (C=O) groups is 3. The minimum Gasteiger partial charge on any atom is -0.455 e. The van der Waals surface area contributed by atoms with Crippen LogP contribution in [0.5, 0.6) is 0 Å². The molecule has 4 heterocycles. The van der Waals surface area contributed by atoms with Crippen molar-refractivity contribution in [3.05, 3.63) is 56.5 Å². The zero-order valence-corrected chi connectivity index (χ0v) is 20.5. The lowest BCUT2D eigenvalue weighted by molar-refractivity contribution is -0.153. The molecule has 7 nitrogen and oxygen atoms in total. The van der Waals surface area contributed by atoms with E-state index in [0.29, 0.717) is 37.4 Å². The van der Waals surface area contributed by atoms with E-state index in [4.69, 9.17) is 4.74 Å². The maximum atomic E-state index is 12.8. The highest BCUT2D eigenvalue weighted by Gasteiger charge is 2.31. The number of benzene rings is 1. The minimum atomic E-state index is -0.356. The summed E-state index contributed by atoms with van der Waals surface area (Å²) in [7, 11) is 0. The minimum absolute atomic E-state index is 0.0118. The van der Waals surface area contributed by atoms with Crippen molar-refractivity contribution in [2.45, 2.75) is 26.2 Å². The van der Waals surface area contributed by atoms with Crippen LogP contribution in [0, 0.1) is 12.8 Å². The third-order valence-electron chi connectivity index (χ3n) is 6.38. The summed E-state index contributed by atoms with van der Waals surface area (Å²) in [6.45, 7) is 3.33. The van der Waals surface area contributed by atoms with Gasteiger partial charge in [0, 0.05) is 36.3 Å². The number of anilines is 1. The highest BCUT2D eigenvalue weighted by Crippen LogP contribution is 2.33. The van der Waals surface area contributed by atoms with Gasteiger partial charge in [-0.15, -0.1) is 22.7 Å². The van der Waals surface area contributed by atoms with Crippen LogP contribution in [-0.2, 0) is 20.7 Å². The summed E-state index contributed by atoms with van der Waals surface area (Å²) in [5.41, 5.74) is 3.97. The third kappa shape index (κ3) is 4.63. The molecule has 3 aromatic rings. The lowest BCUT2D eigenvalue weighted by atomic mass is 9.97. The molecule has 34 heavy (non-hydrogen) atoms. The number of hydrogen-bond acceptors (Lipinski definition) is 7. The molecule has 9 heteroatoms. The molecule has 2 aromatic heterocycles. The second-order valence-electron chi connectivity index (χ2n) is 8.54. The molecule has 2 aliphatic rings. The Bertz CT molecular complexity index is 1210. The van der Waals surface area contributed by atoms with Crippen molar-refractivity contribution >= 4 is 46.1 Å². The maximum Gasteiger partial charge on any atom is 0.309 e. The maximum absolute atomic E-state index is 12.8. The Labute approximate surface area is 206 Å². The summed E-state index contributed by atoms with van der Waals surface area (Å²) < 4.78 is 5.39. The number of likely N-dealkylation sites (tertiary alicyclic amines) is 1. The number of aromatic nitrogens is 1. The van der Waals surface area contributed by atoms with Crippen molar-refractivity contribution in [1.82, 2.24) is 9.88 Å². The van der Waals surface area contributed by atoms with E-state index in [1.54, 1.807) is 21.1 Å². The van der Waals surface area contributed by atoms with Gasteiger partial charge in [-0.2, -0.15) is 0 Å². The largest absolute Gasteiger partial charge is 0.455 e. The fraction of sp³-hybridized carbons (Fsp3) is 0.360. The van der Waals surface area contributed by atoms with Crippen molar-refractivity contribution in [2.75, 3.05) is 31.1 Å². The van der Waals surface area contributed by atoms with Crippen LogP contribution in [0.3, 0.4) is 0 Å². The second kappa shape index (κ2) is 9.68. The smallest absolute Gasteiger partial charge is 0.309 e. The Hall–Kier alpha value is -3.04. The van der Waals surface area contributed by atoms with Crippen LogP contribution in [0.15, 0.2) is 41.1 Å². The lowest BCUT2D eigenvalue weighted by Crippen LogP contribution is -2.41. The molecule has 0 atom stereocenters. The van der Waals surface area contributed by atoms with Crippen molar-refractivity contribution in [3.8, 4) is 11.3 Å². The average Bonchev–Trinajstić information content (AvgIpc) is 3.62. The summed E-state index contributed by atoms with van der Waals surface area (Å²) in [6, 6.07) is 9.70. The summed E-state index contributed by atoms with van der Waals surface area (Å²) in [6.07, 6.45) is 1.87. The van der Waals surface area contributed by atoms with Crippen molar-refractivity contribution in [3.63, 3.8) is 0 Å². The summed E-state index contributed by atoms with van der Waals surface area (Å²) >= 11 is 3.04. The first-order valence-electron chi connectivity index (χ1n) is 11.3. The molecule has 0 spiro atoms. The normalized spacial score (nSPS) is 15.9. The SMILES string of the molecule is Cc1nc(-c2ccc3c(c2)CCN3C(=O)COC(=O)C2CCN(C(=O)c3cccs3)CC2)cs1. The number of fused-ring (bicyclic) bond motifs is 1. The number of thiophene rings is 1. The predicted octanol–water partition coefficient (Wildman–Crippen LogP) is 4.16. The van der Waals surface area contributed by atoms with Crippen LogP contribution in [0.1, 0.15) is 33.1 Å². The number of rotatable bonds is 5. The summed E-state index contributed by atoms with van der Waals surface area (Å²) in [5.74, 6) is -0.840. The Balaban J connectivity index is 1.13. The third-order valence-corrected chi connectivity index (χ3v) is 8.01. The highest BCUT2D eigenvalue weighted by molar-refractivity contribution is 7.12. The standard InChI is InChI=1S/C25H25N3O4S2/c1-16-26-20(15-34-16)18-4-5-21-19(13-18)8-11-28(21)23(29)14-32-25(31)17-6-9-27(10-7-17)24(30)22-3-2-12-33-22/h2-5,12-13,15,17H,6-11,14H2,1H3. The second-order valence-corrected chi connectivity index (χ2v) is 10.6. The van der Waals surface area contributed by atoms with E-state index >= 15 is 0 Å². The Kier molecular flexibility index (Phi) is 6.47. The molecule has 0 unspecified atom stereocenters. The fourth-order valence-electron chi connectivity index (χ4n) is 4.52. The van der Waals surface area contributed by atoms with Gasteiger partial charge in [0.1, 0.15) is 0 Å². The molecule has 0 aliphatic carbocycles. The van der Waals surface area contributed by atoms with E-state index in [9.17, 15) is 14.4 Å². The van der Waals surface area contributed by atoms with Crippen molar-refractivity contribution < 1.29 is 19.1 Å². The summed E-state index contributed by atoms with van der Waals surface area (Å²) in [4.78, 5) is 46.6. The van der Waals surface area contributed by atoms with E-state index in [-0.39, 0.29) is 30.3 Å². The van der Waals surface area contributed by atoms with Gasteiger partial charge < -0.3 is 14.5 Å². The number of ether oxygens (including phenoxy) is 1. The molecule has 2 aliphatic heterocycles. The molecule has 0 N–H and O–H groups in total. The number of aryl methyl sites for hydroxylation is 1. The number of hydrogen-bond donors (Lipinski definition) is 0. The van der Waals surface area contributed by atoms with Crippen molar-refractivity contribution in [2.24, 2.45) is 5.92 Å². The van der Waals surface area contributed by atoms with E-state index in [1.807, 2.05) is 41.9 Å². The van der Waals surface area contributed by atoms with Gasteiger partial charge in [0.05, 0.1) is 21.5 Å². The van der Waals surface area contributed by atoms with Crippen LogP contribution >= 0.6 is 22.7 Å². The molecule has 1 aromatic carbocycles. The first kappa shape index (κ1) is 22.7. The number of esters is 1. The van der Waals surface area contributed by atoms with Crippen LogP contribution in [0.4, 0.5) is 5.69 Å². The molecular weight excluding hydrogens is 470 g/mol. The van der Waals surface area contributed by atoms with Gasteiger partial charge >= 0.3 is 5.97 Å². The van der Waals surface area contributed by atoms with Crippen LogP contribution in [0.25, 0.3) is 11.3 Å². The van der Waals surface area contributed by atoms with Gasteiger partial charge in [-0.3, -0.25) is 14.4 Å². The van der Waals surface area contributed by atoms with Gasteiger partial charge in [-0.05, 0) is 55.3 Å². The van der Waals surface area contributed by atoms with E-state index in [2.05, 4.69) is 11.1 Å². The molecule has 2 amide bonds. The number of nitrogens with zero attached hydrogens (tertiary/aromatic N) is 3. The molecule has 176 valence electrons. The average molecular weight is 496 g/mol. The number of piperidine rings is 1. The van der Waals surface area contributed by atoms with E-state index < -0.39 is 0 Å². The quantitative estimate of drug-likeness (QED) is 0.497. The molecule has 0 saturated carbocycles. The number of amides is 2. The Morgan fingerprint density at radius 1 is 1.12 bits per heavy atom. The highest BCUT2D eigenvalue weighted by atomic mass is 32.1. The van der Waals surface area contributed by atoms with Gasteiger partial charge in [0.15, 0.2) is 6.61 Å². The predicted molar refractivity (Wildman–Crippen MR) is 132 cm³/mol. The molecular formula is C25H25N3O4S2. The fourth-order valence-corrected chi connectivity index (χ4v) is 5.83.